The maximum Gasteiger partial charge on any atom is 0.407 e. The predicted octanol–water partition coefficient (Wildman–Crippen LogP) is 5.16. The summed E-state index contributed by atoms with van der Waals surface area (Å²) < 4.78 is 10.6. The van der Waals surface area contributed by atoms with Crippen LogP contribution in [-0.2, 0) is 16.0 Å². The van der Waals surface area contributed by atoms with Gasteiger partial charge >= 0.3 is 6.09 Å². The average molecular weight is 484 g/mol. The summed E-state index contributed by atoms with van der Waals surface area (Å²) in [5.74, 6) is 0.127. The number of carbonyl (C=O) groups is 2. The second-order valence-corrected chi connectivity index (χ2v) is 8.57. The quantitative estimate of drug-likeness (QED) is 0.544. The lowest BCUT2D eigenvalue weighted by atomic mass is 9.84. The van der Waals surface area contributed by atoms with Gasteiger partial charge in [0.2, 0.25) is 0 Å². The third kappa shape index (κ3) is 7.06. The first-order chi connectivity index (χ1) is 14.7. The summed E-state index contributed by atoms with van der Waals surface area (Å²) in [6.07, 6.45) is 2.28. The van der Waals surface area contributed by atoms with Crippen molar-refractivity contribution in [1.82, 2.24) is 10.6 Å². The molecule has 6 nitrogen and oxygen atoms in total. The molecule has 1 aliphatic carbocycles. The topological polar surface area (TPSA) is 76.7 Å². The Morgan fingerprint density at radius 3 is 2.58 bits per heavy atom. The molecule has 0 radical (unpaired) electrons. The highest BCUT2D eigenvalue weighted by Crippen LogP contribution is 2.29. The molecular weight excluding hydrogens is 463 g/mol. The first-order valence-corrected chi connectivity index (χ1v) is 10.6. The third-order valence-electron chi connectivity index (χ3n) is 4.51. The molecule has 0 aromatic heterocycles. The Labute approximate surface area is 195 Å². The average Bonchev–Trinajstić information content (AvgIpc) is 2.68. The number of hydrogen-bond acceptors (Lipinski definition) is 4. The van der Waals surface area contributed by atoms with Gasteiger partial charge in [-0.05, 0) is 42.8 Å². The van der Waals surface area contributed by atoms with Crippen LogP contribution >= 0.6 is 34.8 Å². The van der Waals surface area contributed by atoms with Gasteiger partial charge in [0.25, 0.3) is 5.91 Å². The van der Waals surface area contributed by atoms with E-state index in [0.717, 1.165) is 5.56 Å². The van der Waals surface area contributed by atoms with E-state index in [0.29, 0.717) is 39.4 Å². The minimum absolute atomic E-state index is 0.176. The van der Waals surface area contributed by atoms with Crippen LogP contribution in [0.25, 0.3) is 0 Å². The molecule has 2 amide bonds. The zero-order valence-corrected chi connectivity index (χ0v) is 19.0. The van der Waals surface area contributed by atoms with Crippen LogP contribution in [0.15, 0.2) is 54.2 Å². The van der Waals surface area contributed by atoms with Gasteiger partial charge in [0.15, 0.2) is 6.61 Å². The van der Waals surface area contributed by atoms with Crippen LogP contribution in [0.1, 0.15) is 18.9 Å². The molecule has 9 heteroatoms. The number of benzene rings is 2. The molecular formula is C22H21Cl3N2O4. The second kappa shape index (κ2) is 10.3. The van der Waals surface area contributed by atoms with Crippen molar-refractivity contribution in [3.8, 4) is 5.75 Å². The number of rotatable bonds is 8. The lowest BCUT2D eigenvalue weighted by Gasteiger charge is -2.36. The molecule has 3 rings (SSSR count). The fourth-order valence-corrected chi connectivity index (χ4v) is 3.57. The summed E-state index contributed by atoms with van der Waals surface area (Å²) in [7, 11) is 0. The Morgan fingerprint density at radius 1 is 1.10 bits per heavy atom. The van der Waals surface area contributed by atoms with Crippen LogP contribution in [0.3, 0.4) is 0 Å². The molecule has 1 aliphatic rings. The second-order valence-electron chi connectivity index (χ2n) is 7.32. The fourth-order valence-electron chi connectivity index (χ4n) is 3.07. The van der Waals surface area contributed by atoms with Crippen molar-refractivity contribution >= 4 is 46.8 Å². The molecule has 164 valence electrons. The van der Waals surface area contributed by atoms with Crippen molar-refractivity contribution in [3.63, 3.8) is 0 Å². The van der Waals surface area contributed by atoms with Crippen molar-refractivity contribution in [1.29, 1.82) is 0 Å². The standard InChI is InChI=1S/C22H21Cl3N2O4/c1-22(27-21(29)30-8-7-14-3-2-4-15(23)9-14)11-16(12-22)26-20(28)13-31-17-5-6-18(24)19(25)10-17/h2-6,9-11H,7-8,12-13H2,1H3,(H,26,28)(H,27,29). The van der Waals surface area contributed by atoms with Gasteiger partial charge in [-0.15, -0.1) is 0 Å². The molecule has 0 saturated carbocycles. The number of hydrogen-bond donors (Lipinski definition) is 2. The number of ether oxygens (including phenoxy) is 2. The summed E-state index contributed by atoms with van der Waals surface area (Å²) in [5, 5.41) is 6.94. The van der Waals surface area contributed by atoms with E-state index < -0.39 is 11.6 Å². The summed E-state index contributed by atoms with van der Waals surface area (Å²) in [5.41, 5.74) is 1.10. The number of nitrogens with one attached hydrogen (secondary N) is 2. The number of alkyl carbamates (subject to hydrolysis) is 1. The smallest absolute Gasteiger partial charge is 0.407 e. The summed E-state index contributed by atoms with van der Waals surface area (Å²) in [6, 6.07) is 12.2. The van der Waals surface area contributed by atoms with E-state index in [9.17, 15) is 9.59 Å². The minimum atomic E-state index is -0.583. The highest BCUT2D eigenvalue weighted by Gasteiger charge is 2.34. The predicted molar refractivity (Wildman–Crippen MR) is 121 cm³/mol. The van der Waals surface area contributed by atoms with Gasteiger partial charge in [0.1, 0.15) is 5.75 Å². The molecule has 0 bridgehead atoms. The molecule has 0 saturated heterocycles. The van der Waals surface area contributed by atoms with Gasteiger partial charge in [-0.2, -0.15) is 0 Å². The van der Waals surface area contributed by atoms with Crippen LogP contribution in [0, 0.1) is 0 Å². The Balaban J connectivity index is 1.37. The molecule has 31 heavy (non-hydrogen) atoms. The van der Waals surface area contributed by atoms with Crippen LogP contribution in [0.5, 0.6) is 5.75 Å². The molecule has 2 aromatic carbocycles. The first-order valence-electron chi connectivity index (χ1n) is 9.51. The van der Waals surface area contributed by atoms with Crippen LogP contribution in [0.4, 0.5) is 4.79 Å². The third-order valence-corrected chi connectivity index (χ3v) is 5.49. The SMILES string of the molecule is CC1(NC(=O)OCCc2cccc(Cl)c2)C=C(NC(=O)COc2ccc(Cl)c(Cl)c2)C1. The monoisotopic (exact) mass is 482 g/mol. The van der Waals surface area contributed by atoms with Crippen LogP contribution < -0.4 is 15.4 Å². The van der Waals surface area contributed by atoms with Crippen molar-refractivity contribution in [3.05, 3.63) is 74.9 Å². The van der Waals surface area contributed by atoms with E-state index in [2.05, 4.69) is 10.6 Å². The lowest BCUT2D eigenvalue weighted by molar-refractivity contribution is -0.122. The Hall–Kier alpha value is -2.41. The number of halogens is 3. The highest BCUT2D eigenvalue weighted by molar-refractivity contribution is 6.42. The summed E-state index contributed by atoms with van der Waals surface area (Å²) in [6.45, 7) is 1.90. The van der Waals surface area contributed by atoms with Crippen molar-refractivity contribution in [2.75, 3.05) is 13.2 Å². The molecule has 0 aliphatic heterocycles. The van der Waals surface area contributed by atoms with Crippen molar-refractivity contribution < 1.29 is 19.1 Å². The molecule has 1 unspecified atom stereocenters. The molecule has 0 fully saturated rings. The Bertz CT molecular complexity index is 1010. The lowest BCUT2D eigenvalue weighted by Crippen LogP contribution is -2.52. The van der Waals surface area contributed by atoms with Gasteiger partial charge in [-0.3, -0.25) is 4.79 Å². The van der Waals surface area contributed by atoms with E-state index >= 15 is 0 Å². The van der Waals surface area contributed by atoms with Gasteiger partial charge in [-0.1, -0.05) is 46.9 Å². The maximum atomic E-state index is 12.0. The van der Waals surface area contributed by atoms with E-state index in [1.165, 1.54) is 0 Å². The van der Waals surface area contributed by atoms with Crippen LogP contribution in [0.2, 0.25) is 15.1 Å². The van der Waals surface area contributed by atoms with Gasteiger partial charge in [-0.25, -0.2) is 4.79 Å². The first kappa shape index (κ1) is 23.3. The molecule has 0 heterocycles. The minimum Gasteiger partial charge on any atom is -0.484 e. The van der Waals surface area contributed by atoms with E-state index in [1.54, 1.807) is 30.3 Å². The largest absolute Gasteiger partial charge is 0.484 e. The zero-order valence-electron chi connectivity index (χ0n) is 16.7. The molecule has 2 aromatic rings. The number of carbonyl (C=O) groups excluding carboxylic acids is 2. The molecule has 2 N–H and O–H groups in total. The highest BCUT2D eigenvalue weighted by atomic mass is 35.5. The zero-order chi connectivity index (χ0) is 22.4. The molecule has 0 spiro atoms. The maximum absolute atomic E-state index is 12.0. The van der Waals surface area contributed by atoms with Crippen molar-refractivity contribution in [2.45, 2.75) is 25.3 Å². The van der Waals surface area contributed by atoms with Crippen LogP contribution in [-0.4, -0.2) is 30.8 Å². The van der Waals surface area contributed by atoms with Crippen molar-refractivity contribution in [2.24, 2.45) is 0 Å². The van der Waals surface area contributed by atoms with E-state index in [4.69, 9.17) is 44.3 Å². The van der Waals surface area contributed by atoms with Gasteiger partial charge < -0.3 is 20.1 Å². The summed E-state index contributed by atoms with van der Waals surface area (Å²) >= 11 is 17.7. The Morgan fingerprint density at radius 2 is 1.87 bits per heavy atom. The summed E-state index contributed by atoms with van der Waals surface area (Å²) in [4.78, 5) is 24.1. The normalized spacial score (nSPS) is 17.2. The number of amides is 2. The molecule has 1 atom stereocenters. The van der Waals surface area contributed by atoms with Gasteiger partial charge in [0, 0.05) is 29.6 Å². The van der Waals surface area contributed by atoms with Gasteiger partial charge in [0.05, 0.1) is 22.2 Å². The van der Waals surface area contributed by atoms with E-state index in [-0.39, 0.29) is 19.1 Å². The Kier molecular flexibility index (Phi) is 7.70. The fraction of sp³-hybridized carbons (Fsp3) is 0.273. The van der Waals surface area contributed by atoms with E-state index in [1.807, 2.05) is 25.1 Å².